The molecule has 0 bridgehead atoms. The molecular formula is C17H16N4O3S. The maximum atomic E-state index is 12.3. The molecule has 3 aromatic rings. The van der Waals surface area contributed by atoms with Crippen LogP contribution in [0.25, 0.3) is 5.69 Å². The van der Waals surface area contributed by atoms with Crippen LogP contribution in [0.1, 0.15) is 10.4 Å². The van der Waals surface area contributed by atoms with E-state index in [1.165, 1.54) is 0 Å². The molecule has 128 valence electrons. The Hall–Kier alpha value is -3.13. The second kappa shape index (κ2) is 6.78. The smallest absolute Gasteiger partial charge is 0.255 e. The number of rotatable bonds is 5. The average Bonchev–Trinajstić information content (AvgIpc) is 3.10. The molecule has 25 heavy (non-hydrogen) atoms. The molecule has 1 heterocycles. The SMILES string of the molecule is CS(=O)(=O)Nc1ccc(NC(=O)c2ccc(-n3cccn3)cc2)cc1. The van der Waals surface area contributed by atoms with Crippen molar-refractivity contribution in [3.63, 3.8) is 0 Å². The van der Waals surface area contributed by atoms with Crippen molar-refractivity contribution in [1.29, 1.82) is 0 Å². The second-order valence-electron chi connectivity index (χ2n) is 5.40. The Kier molecular flexibility index (Phi) is 4.53. The summed E-state index contributed by atoms with van der Waals surface area (Å²) in [7, 11) is -3.32. The number of benzene rings is 2. The lowest BCUT2D eigenvalue weighted by Crippen LogP contribution is -2.12. The van der Waals surface area contributed by atoms with Crippen LogP contribution in [-0.2, 0) is 10.0 Å². The molecule has 2 N–H and O–H groups in total. The third-order valence-electron chi connectivity index (χ3n) is 3.34. The first kappa shape index (κ1) is 16.7. The largest absolute Gasteiger partial charge is 0.322 e. The van der Waals surface area contributed by atoms with Gasteiger partial charge in [0.1, 0.15) is 0 Å². The van der Waals surface area contributed by atoms with Gasteiger partial charge in [-0.25, -0.2) is 13.1 Å². The van der Waals surface area contributed by atoms with E-state index in [-0.39, 0.29) is 5.91 Å². The van der Waals surface area contributed by atoms with Crippen LogP contribution < -0.4 is 10.0 Å². The Labute approximate surface area is 145 Å². The molecule has 0 atom stereocenters. The summed E-state index contributed by atoms with van der Waals surface area (Å²) < 4.78 is 26.4. The number of carbonyl (C=O) groups is 1. The zero-order valence-electron chi connectivity index (χ0n) is 13.4. The summed E-state index contributed by atoms with van der Waals surface area (Å²) in [5.41, 5.74) is 2.37. The van der Waals surface area contributed by atoms with E-state index in [0.29, 0.717) is 16.9 Å². The number of carbonyl (C=O) groups excluding carboxylic acids is 1. The minimum Gasteiger partial charge on any atom is -0.322 e. The zero-order chi connectivity index (χ0) is 17.9. The second-order valence-corrected chi connectivity index (χ2v) is 7.15. The first-order valence-corrected chi connectivity index (χ1v) is 9.29. The van der Waals surface area contributed by atoms with Crippen molar-refractivity contribution in [2.75, 3.05) is 16.3 Å². The number of sulfonamides is 1. The molecule has 8 heteroatoms. The fourth-order valence-corrected chi connectivity index (χ4v) is 2.79. The minimum atomic E-state index is -3.32. The highest BCUT2D eigenvalue weighted by Crippen LogP contribution is 2.16. The fraction of sp³-hybridized carbons (Fsp3) is 0.0588. The van der Waals surface area contributed by atoms with Crippen molar-refractivity contribution in [3.8, 4) is 5.69 Å². The molecule has 7 nitrogen and oxygen atoms in total. The third-order valence-corrected chi connectivity index (χ3v) is 3.95. The fourth-order valence-electron chi connectivity index (χ4n) is 2.23. The van der Waals surface area contributed by atoms with Gasteiger partial charge in [0.2, 0.25) is 10.0 Å². The van der Waals surface area contributed by atoms with Gasteiger partial charge < -0.3 is 5.32 Å². The normalized spacial score (nSPS) is 11.1. The van der Waals surface area contributed by atoms with Crippen LogP contribution in [0.15, 0.2) is 67.0 Å². The first-order chi connectivity index (χ1) is 11.9. The van der Waals surface area contributed by atoms with Crippen molar-refractivity contribution < 1.29 is 13.2 Å². The molecule has 0 radical (unpaired) electrons. The van der Waals surface area contributed by atoms with E-state index in [4.69, 9.17) is 0 Å². The molecule has 1 amide bonds. The number of hydrogen-bond donors (Lipinski definition) is 2. The summed E-state index contributed by atoms with van der Waals surface area (Å²) >= 11 is 0. The average molecular weight is 356 g/mol. The summed E-state index contributed by atoms with van der Waals surface area (Å²) in [5, 5.41) is 6.89. The van der Waals surface area contributed by atoms with Gasteiger partial charge in [0.05, 0.1) is 11.9 Å². The highest BCUT2D eigenvalue weighted by atomic mass is 32.2. The Morgan fingerprint density at radius 1 is 1.00 bits per heavy atom. The van der Waals surface area contributed by atoms with E-state index in [9.17, 15) is 13.2 Å². The van der Waals surface area contributed by atoms with Gasteiger partial charge in [0.25, 0.3) is 5.91 Å². The Bertz CT molecular complexity index is 964. The summed E-state index contributed by atoms with van der Waals surface area (Å²) in [6.45, 7) is 0. The highest BCUT2D eigenvalue weighted by molar-refractivity contribution is 7.92. The molecule has 0 saturated carbocycles. The molecular weight excluding hydrogens is 340 g/mol. The molecule has 0 saturated heterocycles. The van der Waals surface area contributed by atoms with Crippen molar-refractivity contribution in [1.82, 2.24) is 9.78 Å². The predicted molar refractivity (Wildman–Crippen MR) is 96.4 cm³/mol. The third kappa shape index (κ3) is 4.45. The van der Waals surface area contributed by atoms with Crippen molar-refractivity contribution in [2.24, 2.45) is 0 Å². The van der Waals surface area contributed by atoms with Crippen LogP contribution in [0.2, 0.25) is 0 Å². The van der Waals surface area contributed by atoms with Gasteiger partial charge in [-0.1, -0.05) is 0 Å². The van der Waals surface area contributed by atoms with Gasteiger partial charge in [-0.15, -0.1) is 0 Å². The van der Waals surface area contributed by atoms with Gasteiger partial charge >= 0.3 is 0 Å². The topological polar surface area (TPSA) is 93.1 Å². The summed E-state index contributed by atoms with van der Waals surface area (Å²) in [5.74, 6) is -0.254. The predicted octanol–water partition coefficient (Wildman–Crippen LogP) is 2.50. The summed E-state index contributed by atoms with van der Waals surface area (Å²) in [6.07, 6.45) is 4.58. The van der Waals surface area contributed by atoms with Crippen LogP contribution in [0.4, 0.5) is 11.4 Å². The van der Waals surface area contributed by atoms with Gasteiger partial charge in [-0.2, -0.15) is 5.10 Å². The molecule has 0 aliphatic rings. The lowest BCUT2D eigenvalue weighted by atomic mass is 10.2. The van der Waals surface area contributed by atoms with Crippen LogP contribution in [0, 0.1) is 0 Å². The van der Waals surface area contributed by atoms with E-state index >= 15 is 0 Å². The minimum absolute atomic E-state index is 0.254. The van der Waals surface area contributed by atoms with E-state index in [1.807, 2.05) is 12.3 Å². The van der Waals surface area contributed by atoms with Gasteiger partial charge in [0.15, 0.2) is 0 Å². The Morgan fingerprint density at radius 3 is 2.20 bits per heavy atom. The Balaban J connectivity index is 1.67. The Morgan fingerprint density at radius 2 is 1.64 bits per heavy atom. The molecule has 1 aromatic heterocycles. The van der Waals surface area contributed by atoms with Gasteiger partial charge in [0, 0.05) is 29.3 Å². The van der Waals surface area contributed by atoms with Crippen molar-refractivity contribution >= 4 is 27.3 Å². The van der Waals surface area contributed by atoms with Crippen molar-refractivity contribution in [2.45, 2.75) is 0 Å². The van der Waals surface area contributed by atoms with Crippen LogP contribution in [0.5, 0.6) is 0 Å². The molecule has 2 aromatic carbocycles. The van der Waals surface area contributed by atoms with Crippen LogP contribution in [0.3, 0.4) is 0 Å². The number of anilines is 2. The first-order valence-electron chi connectivity index (χ1n) is 7.40. The van der Waals surface area contributed by atoms with E-state index in [1.54, 1.807) is 59.4 Å². The summed E-state index contributed by atoms with van der Waals surface area (Å²) in [4.78, 5) is 12.3. The maximum Gasteiger partial charge on any atom is 0.255 e. The number of nitrogens with zero attached hydrogens (tertiary/aromatic N) is 2. The lowest BCUT2D eigenvalue weighted by Gasteiger charge is -2.08. The van der Waals surface area contributed by atoms with Gasteiger partial charge in [-0.3, -0.25) is 9.52 Å². The monoisotopic (exact) mass is 356 g/mol. The van der Waals surface area contributed by atoms with E-state index < -0.39 is 10.0 Å². The van der Waals surface area contributed by atoms with Crippen LogP contribution >= 0.6 is 0 Å². The molecule has 0 aliphatic heterocycles. The number of aromatic nitrogens is 2. The maximum absolute atomic E-state index is 12.3. The standard InChI is InChI=1S/C17H16N4O3S/c1-25(23,24)20-15-7-5-14(6-8-15)19-17(22)13-3-9-16(10-4-13)21-12-2-11-18-21/h2-12,20H,1H3,(H,19,22). The van der Waals surface area contributed by atoms with Crippen LogP contribution in [-0.4, -0.2) is 30.4 Å². The number of nitrogens with one attached hydrogen (secondary N) is 2. The van der Waals surface area contributed by atoms with E-state index in [2.05, 4.69) is 15.1 Å². The van der Waals surface area contributed by atoms with E-state index in [0.717, 1.165) is 11.9 Å². The van der Waals surface area contributed by atoms with Gasteiger partial charge in [-0.05, 0) is 54.6 Å². The lowest BCUT2D eigenvalue weighted by molar-refractivity contribution is 0.102. The molecule has 3 rings (SSSR count). The molecule has 0 spiro atoms. The highest BCUT2D eigenvalue weighted by Gasteiger charge is 2.07. The van der Waals surface area contributed by atoms with Crippen molar-refractivity contribution in [3.05, 3.63) is 72.6 Å². The quantitative estimate of drug-likeness (QED) is 0.734. The zero-order valence-corrected chi connectivity index (χ0v) is 14.2. The molecule has 0 unspecified atom stereocenters. The summed E-state index contributed by atoms with van der Waals surface area (Å²) in [6, 6.07) is 15.3. The number of amides is 1. The number of hydrogen-bond acceptors (Lipinski definition) is 4. The molecule has 0 aliphatic carbocycles. The molecule has 0 fully saturated rings.